The van der Waals surface area contributed by atoms with Crippen molar-refractivity contribution in [1.29, 1.82) is 0 Å². The summed E-state index contributed by atoms with van der Waals surface area (Å²) in [6.07, 6.45) is 5.05. The molecule has 1 aliphatic rings. The zero-order valence-electron chi connectivity index (χ0n) is 11.6. The molecular formula is C15H19N3OS. The van der Waals surface area contributed by atoms with E-state index in [1.54, 1.807) is 17.5 Å². The Labute approximate surface area is 122 Å². The Morgan fingerprint density at radius 1 is 1.60 bits per heavy atom. The largest absolute Gasteiger partial charge is 0.338 e. The first-order valence-electron chi connectivity index (χ1n) is 7.05. The summed E-state index contributed by atoms with van der Waals surface area (Å²) in [6.45, 7) is 3.77. The number of aryl methyl sites for hydroxylation is 1. The molecular weight excluding hydrogens is 270 g/mol. The summed E-state index contributed by atoms with van der Waals surface area (Å²) in [5, 5.41) is 9.04. The lowest BCUT2D eigenvalue weighted by Crippen LogP contribution is -2.40. The van der Waals surface area contributed by atoms with Crippen LogP contribution >= 0.6 is 11.3 Å². The van der Waals surface area contributed by atoms with Crippen molar-refractivity contribution in [3.05, 3.63) is 39.8 Å². The standard InChI is InChI=1S/C15H19N3OS/c1-11-7-14(20-10-11)15(19)18-6-2-3-12(9-18)8-13-4-5-16-17-13/h4-5,7,10,12H,2-3,6,8-9H2,1H3,(H,16,17)/t12-/m1/s1. The Bertz CT molecular complexity index is 576. The second-order valence-corrected chi connectivity index (χ2v) is 6.44. The molecule has 4 nitrogen and oxygen atoms in total. The topological polar surface area (TPSA) is 49.0 Å². The second kappa shape index (κ2) is 5.79. The van der Waals surface area contributed by atoms with E-state index in [9.17, 15) is 4.79 Å². The number of thiophene rings is 1. The average Bonchev–Trinajstić information content (AvgIpc) is 3.10. The summed E-state index contributed by atoms with van der Waals surface area (Å²) in [5.74, 6) is 0.728. The number of hydrogen-bond acceptors (Lipinski definition) is 3. The van der Waals surface area contributed by atoms with E-state index in [0.717, 1.165) is 36.5 Å². The van der Waals surface area contributed by atoms with Crippen LogP contribution in [0.3, 0.4) is 0 Å². The van der Waals surface area contributed by atoms with Crippen LogP contribution in [0, 0.1) is 12.8 Å². The molecule has 5 heteroatoms. The van der Waals surface area contributed by atoms with Crippen molar-refractivity contribution in [2.75, 3.05) is 13.1 Å². The summed E-state index contributed by atoms with van der Waals surface area (Å²) in [7, 11) is 0. The minimum absolute atomic E-state index is 0.192. The van der Waals surface area contributed by atoms with Crippen LogP contribution in [0.5, 0.6) is 0 Å². The molecule has 1 fully saturated rings. The Morgan fingerprint density at radius 2 is 2.50 bits per heavy atom. The molecule has 3 rings (SSSR count). The van der Waals surface area contributed by atoms with Gasteiger partial charge in [0.15, 0.2) is 0 Å². The normalized spacial score (nSPS) is 19.2. The lowest BCUT2D eigenvalue weighted by Gasteiger charge is -2.32. The molecule has 1 aliphatic heterocycles. The Morgan fingerprint density at radius 3 is 3.20 bits per heavy atom. The highest BCUT2D eigenvalue weighted by Gasteiger charge is 2.25. The van der Waals surface area contributed by atoms with Crippen LogP contribution in [0.15, 0.2) is 23.7 Å². The smallest absolute Gasteiger partial charge is 0.263 e. The number of carbonyl (C=O) groups is 1. The van der Waals surface area contributed by atoms with E-state index in [1.165, 1.54) is 12.0 Å². The summed E-state index contributed by atoms with van der Waals surface area (Å²) in [4.78, 5) is 15.4. The molecule has 3 heterocycles. The van der Waals surface area contributed by atoms with Crippen molar-refractivity contribution in [2.24, 2.45) is 5.92 Å². The van der Waals surface area contributed by atoms with Crippen molar-refractivity contribution in [2.45, 2.75) is 26.2 Å². The number of aromatic nitrogens is 2. The van der Waals surface area contributed by atoms with Gasteiger partial charge in [0.25, 0.3) is 5.91 Å². The number of amides is 1. The fourth-order valence-electron chi connectivity index (χ4n) is 2.82. The molecule has 106 valence electrons. The zero-order chi connectivity index (χ0) is 13.9. The average molecular weight is 289 g/mol. The van der Waals surface area contributed by atoms with Gasteiger partial charge in [-0.15, -0.1) is 11.3 Å². The quantitative estimate of drug-likeness (QED) is 0.944. The van der Waals surface area contributed by atoms with Crippen molar-refractivity contribution < 1.29 is 4.79 Å². The number of piperidine rings is 1. The molecule has 1 N–H and O–H groups in total. The van der Waals surface area contributed by atoms with Gasteiger partial charge in [0.1, 0.15) is 0 Å². The van der Waals surface area contributed by atoms with E-state index >= 15 is 0 Å². The molecule has 1 saturated heterocycles. The first-order chi connectivity index (χ1) is 9.72. The van der Waals surface area contributed by atoms with Crippen LogP contribution in [-0.2, 0) is 6.42 Å². The molecule has 1 atom stereocenters. The van der Waals surface area contributed by atoms with Crippen molar-refractivity contribution in [3.63, 3.8) is 0 Å². The molecule has 0 unspecified atom stereocenters. The van der Waals surface area contributed by atoms with Crippen molar-refractivity contribution in [3.8, 4) is 0 Å². The molecule has 1 amide bonds. The summed E-state index contributed by atoms with van der Waals surface area (Å²) < 4.78 is 0. The summed E-state index contributed by atoms with van der Waals surface area (Å²) in [6, 6.07) is 4.01. The SMILES string of the molecule is Cc1csc(C(=O)N2CCC[C@H](Cc3ccn[nH]3)C2)c1. The Balaban J connectivity index is 1.64. The molecule has 20 heavy (non-hydrogen) atoms. The maximum absolute atomic E-state index is 12.5. The van der Waals surface area contributed by atoms with Gasteiger partial charge in [-0.2, -0.15) is 5.10 Å². The third-order valence-electron chi connectivity index (χ3n) is 3.81. The van der Waals surface area contributed by atoms with E-state index in [2.05, 4.69) is 10.2 Å². The Kier molecular flexibility index (Phi) is 3.87. The van der Waals surface area contributed by atoms with Gasteiger partial charge in [-0.05, 0) is 55.2 Å². The third-order valence-corrected chi connectivity index (χ3v) is 4.85. The van der Waals surface area contributed by atoms with Gasteiger partial charge < -0.3 is 4.90 Å². The van der Waals surface area contributed by atoms with Gasteiger partial charge in [-0.3, -0.25) is 9.89 Å². The predicted octanol–water partition coefficient (Wildman–Crippen LogP) is 2.87. The van der Waals surface area contributed by atoms with E-state index in [1.807, 2.05) is 29.3 Å². The molecule has 0 spiro atoms. The molecule has 0 aromatic carbocycles. The monoisotopic (exact) mass is 289 g/mol. The molecule has 0 aliphatic carbocycles. The minimum Gasteiger partial charge on any atom is -0.338 e. The van der Waals surface area contributed by atoms with Gasteiger partial charge in [0.05, 0.1) is 4.88 Å². The number of carbonyl (C=O) groups excluding carboxylic acids is 1. The molecule has 2 aromatic rings. The fraction of sp³-hybridized carbons (Fsp3) is 0.467. The molecule has 0 radical (unpaired) electrons. The minimum atomic E-state index is 0.192. The lowest BCUT2D eigenvalue weighted by molar-refractivity contribution is 0.0677. The highest BCUT2D eigenvalue weighted by Crippen LogP contribution is 2.23. The van der Waals surface area contributed by atoms with E-state index in [4.69, 9.17) is 0 Å². The number of likely N-dealkylation sites (tertiary alicyclic amines) is 1. The van der Waals surface area contributed by atoms with Crippen LogP contribution in [0.4, 0.5) is 0 Å². The highest BCUT2D eigenvalue weighted by molar-refractivity contribution is 7.12. The predicted molar refractivity (Wildman–Crippen MR) is 80.0 cm³/mol. The number of nitrogens with one attached hydrogen (secondary N) is 1. The second-order valence-electron chi connectivity index (χ2n) is 5.53. The lowest BCUT2D eigenvalue weighted by atomic mass is 9.93. The highest BCUT2D eigenvalue weighted by atomic mass is 32.1. The molecule has 0 bridgehead atoms. The number of aromatic amines is 1. The van der Waals surface area contributed by atoms with Gasteiger partial charge in [-0.1, -0.05) is 0 Å². The van der Waals surface area contributed by atoms with Crippen LogP contribution in [-0.4, -0.2) is 34.1 Å². The summed E-state index contributed by atoms with van der Waals surface area (Å²) in [5.41, 5.74) is 2.33. The maximum Gasteiger partial charge on any atom is 0.263 e. The maximum atomic E-state index is 12.5. The van der Waals surface area contributed by atoms with Crippen LogP contribution < -0.4 is 0 Å². The molecule has 0 saturated carbocycles. The van der Waals surface area contributed by atoms with Crippen LogP contribution in [0.2, 0.25) is 0 Å². The van der Waals surface area contributed by atoms with Crippen molar-refractivity contribution in [1.82, 2.24) is 15.1 Å². The molecule has 2 aromatic heterocycles. The zero-order valence-corrected chi connectivity index (χ0v) is 12.4. The first kappa shape index (κ1) is 13.4. The third kappa shape index (κ3) is 2.93. The first-order valence-corrected chi connectivity index (χ1v) is 7.93. The number of H-pyrrole nitrogens is 1. The van der Waals surface area contributed by atoms with Crippen LogP contribution in [0.1, 0.15) is 33.8 Å². The van der Waals surface area contributed by atoms with E-state index < -0.39 is 0 Å². The van der Waals surface area contributed by atoms with Gasteiger partial charge in [-0.25, -0.2) is 0 Å². The van der Waals surface area contributed by atoms with Gasteiger partial charge >= 0.3 is 0 Å². The van der Waals surface area contributed by atoms with E-state index in [-0.39, 0.29) is 5.91 Å². The summed E-state index contributed by atoms with van der Waals surface area (Å²) >= 11 is 1.55. The number of nitrogens with zero attached hydrogens (tertiary/aromatic N) is 2. The van der Waals surface area contributed by atoms with Crippen molar-refractivity contribution >= 4 is 17.2 Å². The number of rotatable bonds is 3. The van der Waals surface area contributed by atoms with Crippen LogP contribution in [0.25, 0.3) is 0 Å². The Hall–Kier alpha value is -1.62. The van der Waals surface area contributed by atoms with Gasteiger partial charge in [0.2, 0.25) is 0 Å². The van der Waals surface area contributed by atoms with Gasteiger partial charge in [0, 0.05) is 25.0 Å². The van der Waals surface area contributed by atoms with E-state index in [0.29, 0.717) is 5.92 Å². The number of hydrogen-bond donors (Lipinski definition) is 1. The fourth-order valence-corrected chi connectivity index (χ4v) is 3.69.